The van der Waals surface area contributed by atoms with Crippen LogP contribution in [0.15, 0.2) is 36.5 Å². The van der Waals surface area contributed by atoms with Gasteiger partial charge < -0.3 is 4.74 Å². The third-order valence-electron chi connectivity index (χ3n) is 7.88. The van der Waals surface area contributed by atoms with Gasteiger partial charge in [0, 0.05) is 18.2 Å². The normalized spacial score (nSPS) is 13.4. The maximum atomic E-state index is 13.6. The zero-order chi connectivity index (χ0) is 30.9. The van der Waals surface area contributed by atoms with E-state index in [2.05, 4.69) is 73.2 Å². The van der Waals surface area contributed by atoms with Crippen LogP contribution >= 0.6 is 15.9 Å². The van der Waals surface area contributed by atoms with E-state index in [0.29, 0.717) is 12.8 Å². The molecule has 3 nitrogen and oxygen atoms in total. The summed E-state index contributed by atoms with van der Waals surface area (Å²) in [6.45, 7) is 6.69. The monoisotopic (exact) mass is 650 g/mol. The molecule has 42 heavy (non-hydrogen) atoms. The predicted octanol–water partition coefficient (Wildman–Crippen LogP) is 12.6. The van der Waals surface area contributed by atoms with Crippen LogP contribution in [0.2, 0.25) is 0 Å². The summed E-state index contributed by atoms with van der Waals surface area (Å²) in [5.74, 6) is -0.0626. The molecule has 0 aromatic rings. The highest BCUT2D eigenvalue weighted by Crippen LogP contribution is 2.25. The minimum absolute atomic E-state index is 0.132. The summed E-state index contributed by atoms with van der Waals surface area (Å²) in [6, 6.07) is 0. The van der Waals surface area contributed by atoms with Gasteiger partial charge in [-0.15, -0.1) is 0 Å². The topological polar surface area (TPSA) is 43.4 Å². The first-order valence-corrected chi connectivity index (χ1v) is 19.0. The molecule has 0 aromatic carbocycles. The molecule has 0 fully saturated rings. The number of allylic oxidation sites excluding steroid dienone is 6. The molecule has 0 heterocycles. The Bertz CT molecular complexity index is 696. The average Bonchev–Trinajstić information content (AvgIpc) is 2.99. The molecular weight excluding hydrogens is 584 g/mol. The number of carbonyl (C=O) groups is 2. The van der Waals surface area contributed by atoms with Crippen LogP contribution in [-0.4, -0.2) is 23.2 Å². The minimum Gasteiger partial charge on any atom is -0.462 e. The van der Waals surface area contributed by atoms with Crippen LogP contribution in [0.3, 0.4) is 0 Å². The van der Waals surface area contributed by atoms with E-state index in [4.69, 9.17) is 4.74 Å². The number of rotatable bonds is 31. The van der Waals surface area contributed by atoms with Gasteiger partial charge in [0.2, 0.25) is 0 Å². The van der Waals surface area contributed by atoms with Crippen LogP contribution in [0.1, 0.15) is 175 Å². The molecule has 0 rings (SSSR count). The molecule has 0 saturated carbocycles. The SMILES string of the molecule is CCCCC/C=C\CCCC(=O)C(CC/C=C\CCCCC)C(CCC/C=C\CCCCC)OC(=O)CCCCCBr. The first-order valence-electron chi connectivity index (χ1n) is 17.8. The lowest BCUT2D eigenvalue weighted by atomic mass is 9.86. The van der Waals surface area contributed by atoms with E-state index >= 15 is 0 Å². The van der Waals surface area contributed by atoms with Crippen molar-refractivity contribution in [1.29, 1.82) is 0 Å². The van der Waals surface area contributed by atoms with Gasteiger partial charge in [-0.05, 0) is 96.3 Å². The highest BCUT2D eigenvalue weighted by molar-refractivity contribution is 9.09. The maximum Gasteiger partial charge on any atom is 0.306 e. The first kappa shape index (κ1) is 40.8. The van der Waals surface area contributed by atoms with E-state index in [1.807, 2.05) is 0 Å². The number of esters is 1. The van der Waals surface area contributed by atoms with E-state index in [0.717, 1.165) is 88.8 Å². The van der Waals surface area contributed by atoms with E-state index in [1.165, 1.54) is 57.8 Å². The fourth-order valence-electron chi connectivity index (χ4n) is 5.20. The van der Waals surface area contributed by atoms with Crippen molar-refractivity contribution >= 4 is 27.7 Å². The molecule has 0 aliphatic rings. The maximum absolute atomic E-state index is 13.6. The van der Waals surface area contributed by atoms with Crippen LogP contribution < -0.4 is 0 Å². The fraction of sp³-hybridized carbons (Fsp3) is 0.789. The Kier molecular flexibility index (Phi) is 31.8. The summed E-state index contributed by atoms with van der Waals surface area (Å²) in [4.78, 5) is 26.5. The van der Waals surface area contributed by atoms with Crippen molar-refractivity contribution in [3.63, 3.8) is 0 Å². The van der Waals surface area contributed by atoms with Crippen molar-refractivity contribution in [3.05, 3.63) is 36.5 Å². The second kappa shape index (κ2) is 32.7. The smallest absolute Gasteiger partial charge is 0.306 e. The van der Waals surface area contributed by atoms with Gasteiger partial charge >= 0.3 is 5.97 Å². The summed E-state index contributed by atoms with van der Waals surface area (Å²) in [5, 5.41) is 0.965. The largest absolute Gasteiger partial charge is 0.462 e. The minimum atomic E-state index is -0.312. The summed E-state index contributed by atoms with van der Waals surface area (Å²) in [7, 11) is 0. The fourth-order valence-corrected chi connectivity index (χ4v) is 5.60. The molecule has 0 aromatic heterocycles. The molecule has 0 radical (unpaired) electrons. The highest BCUT2D eigenvalue weighted by atomic mass is 79.9. The van der Waals surface area contributed by atoms with E-state index < -0.39 is 0 Å². The third kappa shape index (κ3) is 26.5. The van der Waals surface area contributed by atoms with E-state index in [-0.39, 0.29) is 23.8 Å². The summed E-state index contributed by atoms with van der Waals surface area (Å²) in [5.41, 5.74) is 0. The van der Waals surface area contributed by atoms with Gasteiger partial charge in [-0.25, -0.2) is 0 Å². The highest BCUT2D eigenvalue weighted by Gasteiger charge is 2.30. The number of ketones is 1. The zero-order valence-corrected chi connectivity index (χ0v) is 29.5. The Hall–Kier alpha value is -1.16. The molecule has 0 aliphatic heterocycles. The summed E-state index contributed by atoms with van der Waals surface area (Å²) >= 11 is 3.47. The molecule has 0 N–H and O–H groups in total. The lowest BCUT2D eigenvalue weighted by Gasteiger charge is -2.26. The molecule has 2 unspecified atom stereocenters. The Balaban J connectivity index is 5.29. The molecule has 0 bridgehead atoms. The first-order chi connectivity index (χ1) is 20.6. The quantitative estimate of drug-likeness (QED) is 0.0324. The number of alkyl halides is 1. The molecule has 2 atom stereocenters. The van der Waals surface area contributed by atoms with Gasteiger partial charge in [0.15, 0.2) is 0 Å². The Morgan fingerprint density at radius 2 is 1.05 bits per heavy atom. The molecule has 0 saturated heterocycles. The Morgan fingerprint density at radius 3 is 1.57 bits per heavy atom. The van der Waals surface area contributed by atoms with Crippen molar-refractivity contribution in [2.45, 2.75) is 181 Å². The lowest BCUT2D eigenvalue weighted by Crippen LogP contribution is -2.33. The molecule has 0 aliphatic carbocycles. The van der Waals surface area contributed by atoms with Crippen molar-refractivity contribution in [3.8, 4) is 0 Å². The van der Waals surface area contributed by atoms with E-state index in [9.17, 15) is 9.59 Å². The van der Waals surface area contributed by atoms with Crippen molar-refractivity contribution in [2.24, 2.45) is 5.92 Å². The zero-order valence-electron chi connectivity index (χ0n) is 27.9. The van der Waals surface area contributed by atoms with Gasteiger partial charge in [-0.3, -0.25) is 9.59 Å². The summed E-state index contributed by atoms with van der Waals surface area (Å²) in [6.07, 6.45) is 38.0. The predicted molar refractivity (Wildman–Crippen MR) is 187 cm³/mol. The number of Topliss-reactive ketones (excluding diaryl/α,β-unsaturated/α-hetero) is 1. The lowest BCUT2D eigenvalue weighted by molar-refractivity contribution is -0.154. The molecule has 4 heteroatoms. The van der Waals surface area contributed by atoms with Crippen LogP contribution in [0, 0.1) is 5.92 Å². The van der Waals surface area contributed by atoms with Crippen molar-refractivity contribution in [1.82, 2.24) is 0 Å². The van der Waals surface area contributed by atoms with Crippen LogP contribution in [0.4, 0.5) is 0 Å². The Labute approximate surface area is 269 Å². The van der Waals surface area contributed by atoms with Crippen molar-refractivity contribution < 1.29 is 14.3 Å². The van der Waals surface area contributed by atoms with Crippen LogP contribution in [0.25, 0.3) is 0 Å². The van der Waals surface area contributed by atoms with Crippen LogP contribution in [0.5, 0.6) is 0 Å². The molecule has 0 amide bonds. The third-order valence-corrected chi connectivity index (χ3v) is 8.44. The number of unbranched alkanes of at least 4 members (excludes halogenated alkanes) is 13. The van der Waals surface area contributed by atoms with Gasteiger partial charge in [0.1, 0.15) is 11.9 Å². The Morgan fingerprint density at radius 1 is 0.548 bits per heavy atom. The standard InChI is InChI=1S/C38H67BrO3/c1-4-7-10-13-16-19-22-26-31-36(40)35(30-25-21-18-15-12-9-6-3)37(42-38(41)33-28-24-29-34-39)32-27-23-20-17-14-11-8-5-2/h16-21,35,37H,4-15,22-34H2,1-3H3/b19-16-,20-17-,21-18-. The molecular formula is C38H67BrO3. The molecule has 244 valence electrons. The second-order valence-electron chi connectivity index (χ2n) is 11.9. The second-order valence-corrected chi connectivity index (χ2v) is 12.7. The van der Waals surface area contributed by atoms with Gasteiger partial charge in [0.25, 0.3) is 0 Å². The summed E-state index contributed by atoms with van der Waals surface area (Å²) < 4.78 is 6.13. The number of hydrogen-bond donors (Lipinski definition) is 0. The van der Waals surface area contributed by atoms with Gasteiger partial charge in [-0.2, -0.15) is 0 Å². The van der Waals surface area contributed by atoms with E-state index in [1.54, 1.807) is 0 Å². The van der Waals surface area contributed by atoms with Crippen molar-refractivity contribution in [2.75, 3.05) is 5.33 Å². The number of carbonyl (C=O) groups excluding carboxylic acids is 2. The van der Waals surface area contributed by atoms with Gasteiger partial charge in [-0.1, -0.05) is 118 Å². The number of ether oxygens (including phenoxy) is 1. The average molecular weight is 652 g/mol. The molecule has 0 spiro atoms. The van der Waals surface area contributed by atoms with Gasteiger partial charge in [0.05, 0.1) is 5.92 Å². The van der Waals surface area contributed by atoms with Crippen LogP contribution in [-0.2, 0) is 14.3 Å². The number of hydrogen-bond acceptors (Lipinski definition) is 3. The number of halogens is 1.